The van der Waals surface area contributed by atoms with Gasteiger partial charge in [0.2, 0.25) is 11.8 Å². The monoisotopic (exact) mass is 489 g/mol. The van der Waals surface area contributed by atoms with E-state index in [9.17, 15) is 4.79 Å². The molecule has 2 aliphatic rings. The van der Waals surface area contributed by atoms with Gasteiger partial charge >= 0.3 is 0 Å². The van der Waals surface area contributed by atoms with Crippen LogP contribution in [0.25, 0.3) is 6.08 Å². The highest BCUT2D eigenvalue weighted by molar-refractivity contribution is 6.29. The van der Waals surface area contributed by atoms with Crippen LogP contribution in [0.5, 0.6) is 11.6 Å². The van der Waals surface area contributed by atoms with E-state index in [4.69, 9.17) is 26.3 Å². The van der Waals surface area contributed by atoms with Crippen LogP contribution in [0.2, 0.25) is 0 Å². The van der Waals surface area contributed by atoms with Gasteiger partial charge in [0.15, 0.2) is 0 Å². The lowest BCUT2D eigenvalue weighted by Crippen LogP contribution is -2.44. The largest absolute Gasteiger partial charge is 0.438 e. The van der Waals surface area contributed by atoms with E-state index in [1.54, 1.807) is 24.3 Å². The number of fused-ring (bicyclic) bond motifs is 1. The Balaban J connectivity index is 1.30. The van der Waals surface area contributed by atoms with Gasteiger partial charge in [-0.1, -0.05) is 24.3 Å². The summed E-state index contributed by atoms with van der Waals surface area (Å²) in [4.78, 5) is 25.8. The Morgan fingerprint density at radius 3 is 2.49 bits per heavy atom. The second-order valence-electron chi connectivity index (χ2n) is 8.85. The predicted octanol–water partition coefficient (Wildman–Crippen LogP) is 4.36. The highest BCUT2D eigenvalue weighted by Gasteiger charge is 2.18. The third kappa shape index (κ3) is 5.63. The van der Waals surface area contributed by atoms with Gasteiger partial charge < -0.3 is 19.9 Å². The van der Waals surface area contributed by atoms with Gasteiger partial charge in [0.25, 0.3) is 0 Å². The fourth-order valence-corrected chi connectivity index (χ4v) is 4.36. The molecule has 0 atom stereocenters. The highest BCUT2D eigenvalue weighted by atomic mass is 35.5. The lowest BCUT2D eigenvalue weighted by Gasteiger charge is -2.34. The van der Waals surface area contributed by atoms with Crippen molar-refractivity contribution in [2.24, 2.45) is 0 Å². The molecule has 3 aromatic rings. The van der Waals surface area contributed by atoms with Gasteiger partial charge in [0.05, 0.1) is 11.3 Å². The summed E-state index contributed by atoms with van der Waals surface area (Å²) >= 11 is 5.55. The number of anilines is 2. The van der Waals surface area contributed by atoms with E-state index < -0.39 is 0 Å². The predicted molar refractivity (Wildman–Crippen MR) is 140 cm³/mol. The smallest absolute Gasteiger partial charge is 0.239 e. The van der Waals surface area contributed by atoms with Gasteiger partial charge in [-0.2, -0.15) is 4.98 Å². The third-order valence-corrected chi connectivity index (χ3v) is 6.52. The molecule has 0 saturated carbocycles. The van der Waals surface area contributed by atoms with Crippen LogP contribution in [0, 0.1) is 0 Å². The molecule has 2 aromatic carbocycles. The van der Waals surface area contributed by atoms with Crippen molar-refractivity contribution in [1.29, 1.82) is 0 Å². The number of aromatic nitrogens is 2. The van der Waals surface area contributed by atoms with Gasteiger partial charge in [-0.05, 0) is 49.0 Å². The molecule has 180 valence electrons. The molecular formula is C27H28ClN5O2. The first-order chi connectivity index (χ1) is 17.1. The SMILES string of the molecule is CN1CCN(c2ccc(Cc3nc4c(c(Oc5ccc(NC(=O)CCl)cc5)n3)C=CC4)cc2)CC1. The molecule has 1 aliphatic heterocycles. The zero-order valence-electron chi connectivity index (χ0n) is 19.7. The lowest BCUT2D eigenvalue weighted by atomic mass is 10.1. The zero-order valence-corrected chi connectivity index (χ0v) is 20.5. The number of piperazine rings is 1. The number of halogens is 1. The van der Waals surface area contributed by atoms with Crippen LogP contribution < -0.4 is 15.0 Å². The summed E-state index contributed by atoms with van der Waals surface area (Å²) in [5.74, 6) is 1.59. The number of amides is 1. The average molecular weight is 490 g/mol. The second-order valence-corrected chi connectivity index (χ2v) is 9.12. The standard InChI is InChI=1S/C27H28ClN5O2/c1-32-13-15-33(16-14-32)21-9-5-19(6-10-21)17-25-30-24-4-2-3-23(24)27(31-25)35-22-11-7-20(8-12-22)29-26(34)18-28/h2-3,5-12H,4,13-18H2,1H3,(H,29,34). The van der Waals surface area contributed by atoms with E-state index in [0.29, 0.717) is 23.7 Å². The van der Waals surface area contributed by atoms with Crippen molar-refractivity contribution < 1.29 is 9.53 Å². The molecule has 1 amide bonds. The number of carbonyl (C=O) groups is 1. The fourth-order valence-electron chi connectivity index (χ4n) is 4.29. The molecule has 1 aliphatic carbocycles. The summed E-state index contributed by atoms with van der Waals surface area (Å²) < 4.78 is 6.14. The van der Waals surface area contributed by atoms with E-state index in [1.807, 2.05) is 6.08 Å². The number of carbonyl (C=O) groups excluding carboxylic acids is 1. The summed E-state index contributed by atoms with van der Waals surface area (Å²) in [5.41, 5.74) is 4.98. The van der Waals surface area contributed by atoms with Crippen molar-refractivity contribution in [3.63, 3.8) is 0 Å². The Hall–Kier alpha value is -3.42. The number of rotatable bonds is 7. The number of alkyl halides is 1. The molecule has 1 N–H and O–H groups in total. The first-order valence-electron chi connectivity index (χ1n) is 11.8. The highest BCUT2D eigenvalue weighted by Crippen LogP contribution is 2.31. The van der Waals surface area contributed by atoms with Crippen molar-refractivity contribution in [1.82, 2.24) is 14.9 Å². The van der Waals surface area contributed by atoms with Crippen LogP contribution in [0.15, 0.2) is 54.6 Å². The van der Waals surface area contributed by atoms with Gasteiger partial charge in [-0.25, -0.2) is 4.98 Å². The maximum absolute atomic E-state index is 11.5. The topological polar surface area (TPSA) is 70.6 Å². The Morgan fingerprint density at radius 1 is 1.03 bits per heavy atom. The van der Waals surface area contributed by atoms with Crippen LogP contribution in [-0.4, -0.2) is 59.9 Å². The second kappa shape index (κ2) is 10.5. The molecule has 0 unspecified atom stereocenters. The first-order valence-corrected chi connectivity index (χ1v) is 12.3. The fraction of sp³-hybridized carbons (Fsp3) is 0.296. The number of allylic oxidation sites excluding steroid dienone is 1. The molecule has 0 spiro atoms. The zero-order chi connectivity index (χ0) is 24.2. The lowest BCUT2D eigenvalue weighted by molar-refractivity contribution is -0.113. The van der Waals surface area contributed by atoms with Crippen molar-refractivity contribution in [2.45, 2.75) is 12.8 Å². The summed E-state index contributed by atoms with van der Waals surface area (Å²) in [6.07, 6.45) is 5.49. The molecule has 1 saturated heterocycles. The summed E-state index contributed by atoms with van der Waals surface area (Å²) in [6.45, 7) is 4.29. The summed E-state index contributed by atoms with van der Waals surface area (Å²) in [7, 11) is 2.17. The van der Waals surface area contributed by atoms with Crippen LogP contribution in [0.1, 0.15) is 22.6 Å². The normalized spacial score (nSPS) is 15.2. The third-order valence-electron chi connectivity index (χ3n) is 6.27. The molecule has 1 aromatic heterocycles. The van der Waals surface area contributed by atoms with Gasteiger partial charge in [0, 0.05) is 50.4 Å². The minimum absolute atomic E-state index is 0.0843. The molecule has 0 radical (unpaired) electrons. The molecule has 8 heteroatoms. The molecule has 35 heavy (non-hydrogen) atoms. The van der Waals surface area contributed by atoms with Crippen molar-refractivity contribution >= 4 is 35.0 Å². The quantitative estimate of drug-likeness (QED) is 0.497. The average Bonchev–Trinajstić information content (AvgIpc) is 3.35. The molecule has 2 heterocycles. The summed E-state index contributed by atoms with van der Waals surface area (Å²) in [5, 5.41) is 2.72. The number of hydrogen-bond donors (Lipinski definition) is 1. The van der Waals surface area contributed by atoms with Gasteiger partial charge in [-0.15, -0.1) is 11.6 Å². The number of hydrogen-bond acceptors (Lipinski definition) is 6. The van der Waals surface area contributed by atoms with Gasteiger partial charge in [0.1, 0.15) is 17.5 Å². The number of ether oxygens (including phenoxy) is 1. The maximum Gasteiger partial charge on any atom is 0.239 e. The van der Waals surface area contributed by atoms with Crippen molar-refractivity contribution in [3.8, 4) is 11.6 Å². The Morgan fingerprint density at radius 2 is 1.77 bits per heavy atom. The minimum Gasteiger partial charge on any atom is -0.438 e. The van der Waals surface area contributed by atoms with E-state index in [1.165, 1.54) is 11.3 Å². The van der Waals surface area contributed by atoms with E-state index in [0.717, 1.165) is 49.7 Å². The Kier molecular flexibility index (Phi) is 6.97. The molecule has 1 fully saturated rings. The van der Waals surface area contributed by atoms with Crippen molar-refractivity contribution in [3.05, 3.63) is 77.3 Å². The van der Waals surface area contributed by atoms with Crippen LogP contribution in [0.4, 0.5) is 11.4 Å². The van der Waals surface area contributed by atoms with Crippen LogP contribution in [0.3, 0.4) is 0 Å². The van der Waals surface area contributed by atoms with E-state index in [2.05, 4.69) is 52.5 Å². The van der Waals surface area contributed by atoms with E-state index in [-0.39, 0.29) is 11.8 Å². The number of likely N-dealkylation sites (N-methyl/N-ethyl adjacent to an activating group) is 1. The van der Waals surface area contributed by atoms with Gasteiger partial charge in [-0.3, -0.25) is 4.79 Å². The number of benzene rings is 2. The molecule has 0 bridgehead atoms. The first kappa shape index (κ1) is 23.3. The van der Waals surface area contributed by atoms with E-state index >= 15 is 0 Å². The summed E-state index contributed by atoms with van der Waals surface area (Å²) in [6, 6.07) is 15.9. The van der Waals surface area contributed by atoms with Crippen LogP contribution in [-0.2, 0) is 17.6 Å². The molecule has 5 rings (SSSR count). The minimum atomic E-state index is -0.250. The number of nitrogens with zero attached hydrogens (tertiary/aromatic N) is 4. The van der Waals surface area contributed by atoms with Crippen LogP contribution >= 0.6 is 11.6 Å². The maximum atomic E-state index is 11.5. The molecular weight excluding hydrogens is 462 g/mol. The molecule has 7 nitrogen and oxygen atoms in total. The Bertz CT molecular complexity index is 1220. The van der Waals surface area contributed by atoms with Crippen molar-refractivity contribution in [2.75, 3.05) is 49.3 Å². The Labute approximate surface area is 210 Å². The number of nitrogens with one attached hydrogen (secondary N) is 1.